The fraction of sp³-hybridized carbons (Fsp3) is 0.368. The molecule has 6 heteroatoms. The van der Waals surface area contributed by atoms with E-state index in [1.807, 2.05) is 44.2 Å². The number of nitrogens with zero attached hydrogens (tertiary/aromatic N) is 1. The minimum Gasteiger partial charge on any atom is -0.494 e. The van der Waals surface area contributed by atoms with Crippen molar-refractivity contribution >= 4 is 11.6 Å². The highest BCUT2D eigenvalue weighted by Crippen LogP contribution is 2.18. The molecular formula is C19H25ClN2O3. The standard InChI is InChI=1S/C19H25ClN2O3/c1-4-6-10-17(20)12-13-18(22(23)24)15(3)21-14-16-9-7-8-11-19(16)25-5-2/h7-13,21H,4-6,14H2,1-3H3/b13-12-,17-10-,18-15-. The van der Waals surface area contributed by atoms with E-state index in [0.29, 0.717) is 23.9 Å². The maximum Gasteiger partial charge on any atom is 0.287 e. The molecule has 0 heterocycles. The highest BCUT2D eigenvalue weighted by atomic mass is 35.5. The van der Waals surface area contributed by atoms with Crippen LogP contribution >= 0.6 is 11.6 Å². The Morgan fingerprint density at radius 3 is 2.68 bits per heavy atom. The summed E-state index contributed by atoms with van der Waals surface area (Å²) in [4.78, 5) is 10.9. The van der Waals surface area contributed by atoms with Crippen LogP contribution in [0.5, 0.6) is 5.75 Å². The molecule has 0 amide bonds. The molecule has 0 spiro atoms. The Kier molecular flexibility index (Phi) is 9.40. The summed E-state index contributed by atoms with van der Waals surface area (Å²) in [7, 11) is 0. The number of allylic oxidation sites excluding steroid dienone is 5. The number of ether oxygens (including phenoxy) is 1. The molecule has 0 aliphatic carbocycles. The van der Waals surface area contributed by atoms with E-state index in [9.17, 15) is 10.1 Å². The Morgan fingerprint density at radius 1 is 1.32 bits per heavy atom. The van der Waals surface area contributed by atoms with Gasteiger partial charge in [0.05, 0.1) is 17.2 Å². The van der Waals surface area contributed by atoms with Crippen molar-refractivity contribution in [3.8, 4) is 5.75 Å². The molecule has 1 aromatic carbocycles. The third kappa shape index (κ3) is 7.44. The van der Waals surface area contributed by atoms with E-state index >= 15 is 0 Å². The van der Waals surface area contributed by atoms with Crippen LogP contribution in [0.2, 0.25) is 0 Å². The van der Waals surface area contributed by atoms with Gasteiger partial charge in [-0.25, -0.2) is 0 Å². The number of para-hydroxylation sites is 1. The minimum absolute atomic E-state index is 0.0167. The Bertz CT molecular complexity index is 666. The molecule has 0 radical (unpaired) electrons. The SMILES string of the molecule is CCC/C=C(Cl)/C=C\C(=C(/C)NCc1ccccc1OCC)[N+](=O)[O-]. The first kappa shape index (κ1) is 20.8. The van der Waals surface area contributed by atoms with Crippen LogP contribution < -0.4 is 10.1 Å². The van der Waals surface area contributed by atoms with E-state index in [1.54, 1.807) is 13.0 Å². The molecule has 25 heavy (non-hydrogen) atoms. The van der Waals surface area contributed by atoms with Crippen molar-refractivity contribution in [3.05, 3.63) is 74.6 Å². The first-order valence-corrected chi connectivity index (χ1v) is 8.70. The first-order chi connectivity index (χ1) is 12.0. The van der Waals surface area contributed by atoms with Crippen LogP contribution in [0.1, 0.15) is 39.2 Å². The summed E-state index contributed by atoms with van der Waals surface area (Å²) in [5, 5.41) is 14.9. The highest BCUT2D eigenvalue weighted by molar-refractivity contribution is 6.31. The van der Waals surface area contributed by atoms with E-state index < -0.39 is 4.92 Å². The van der Waals surface area contributed by atoms with Gasteiger partial charge in [-0.2, -0.15) is 0 Å². The molecule has 0 unspecified atom stereocenters. The van der Waals surface area contributed by atoms with Gasteiger partial charge in [-0.1, -0.05) is 49.2 Å². The first-order valence-electron chi connectivity index (χ1n) is 8.33. The van der Waals surface area contributed by atoms with Crippen molar-refractivity contribution in [2.45, 2.75) is 40.2 Å². The monoisotopic (exact) mass is 364 g/mol. The molecule has 1 N–H and O–H groups in total. The van der Waals surface area contributed by atoms with Gasteiger partial charge in [0.1, 0.15) is 5.75 Å². The predicted molar refractivity (Wildman–Crippen MR) is 102 cm³/mol. The lowest BCUT2D eigenvalue weighted by Gasteiger charge is -2.11. The summed E-state index contributed by atoms with van der Waals surface area (Å²) >= 11 is 6.03. The van der Waals surface area contributed by atoms with Crippen molar-refractivity contribution in [3.63, 3.8) is 0 Å². The van der Waals surface area contributed by atoms with Crippen molar-refractivity contribution in [2.75, 3.05) is 6.61 Å². The van der Waals surface area contributed by atoms with Gasteiger partial charge < -0.3 is 10.1 Å². The Labute approximate surface area is 154 Å². The van der Waals surface area contributed by atoms with E-state index in [-0.39, 0.29) is 5.70 Å². The second-order valence-corrected chi connectivity index (χ2v) is 5.81. The van der Waals surface area contributed by atoms with E-state index in [2.05, 4.69) is 5.32 Å². The topological polar surface area (TPSA) is 64.4 Å². The van der Waals surface area contributed by atoms with Crippen LogP contribution in [-0.2, 0) is 6.54 Å². The maximum atomic E-state index is 11.3. The van der Waals surface area contributed by atoms with Crippen LogP contribution in [0.4, 0.5) is 0 Å². The number of rotatable bonds is 10. The zero-order valence-electron chi connectivity index (χ0n) is 14.9. The summed E-state index contributed by atoms with van der Waals surface area (Å²) in [5.41, 5.74) is 1.39. The molecule has 1 rings (SSSR count). The lowest BCUT2D eigenvalue weighted by atomic mass is 10.2. The average Bonchev–Trinajstić information content (AvgIpc) is 2.59. The molecule has 1 aromatic rings. The van der Waals surface area contributed by atoms with Gasteiger partial charge in [0.25, 0.3) is 5.70 Å². The van der Waals surface area contributed by atoms with Gasteiger partial charge in [-0.15, -0.1) is 0 Å². The molecule has 0 aromatic heterocycles. The van der Waals surface area contributed by atoms with Crippen LogP contribution in [0, 0.1) is 10.1 Å². The molecule has 0 bridgehead atoms. The quantitative estimate of drug-likeness (QED) is 0.353. The molecule has 136 valence electrons. The summed E-state index contributed by atoms with van der Waals surface area (Å²) in [6, 6.07) is 7.61. The second-order valence-electron chi connectivity index (χ2n) is 5.37. The third-order valence-electron chi connectivity index (χ3n) is 3.43. The zero-order valence-corrected chi connectivity index (χ0v) is 15.7. The minimum atomic E-state index is -0.419. The number of hydrogen-bond acceptors (Lipinski definition) is 4. The van der Waals surface area contributed by atoms with E-state index in [1.165, 1.54) is 6.08 Å². The molecule has 0 aliphatic rings. The van der Waals surface area contributed by atoms with Gasteiger partial charge in [-0.3, -0.25) is 10.1 Å². The van der Waals surface area contributed by atoms with Crippen LogP contribution in [0.3, 0.4) is 0 Å². The molecule has 0 fully saturated rings. The van der Waals surface area contributed by atoms with Crippen molar-refractivity contribution in [1.29, 1.82) is 0 Å². The second kappa shape index (κ2) is 11.3. The lowest BCUT2D eigenvalue weighted by Crippen LogP contribution is -2.16. The predicted octanol–water partition coefficient (Wildman–Crippen LogP) is 5.16. The van der Waals surface area contributed by atoms with Gasteiger partial charge in [-0.05, 0) is 32.4 Å². The largest absolute Gasteiger partial charge is 0.494 e. The van der Waals surface area contributed by atoms with Crippen molar-refractivity contribution in [1.82, 2.24) is 5.32 Å². The van der Waals surface area contributed by atoms with Crippen molar-refractivity contribution in [2.24, 2.45) is 0 Å². The molecular weight excluding hydrogens is 340 g/mol. The smallest absolute Gasteiger partial charge is 0.287 e. The summed E-state index contributed by atoms with van der Waals surface area (Å²) in [6.45, 7) is 6.64. The van der Waals surface area contributed by atoms with Crippen LogP contribution in [0.25, 0.3) is 0 Å². The Morgan fingerprint density at radius 2 is 2.04 bits per heavy atom. The van der Waals surface area contributed by atoms with E-state index in [4.69, 9.17) is 16.3 Å². The van der Waals surface area contributed by atoms with Gasteiger partial charge in [0.2, 0.25) is 0 Å². The zero-order chi connectivity index (χ0) is 18.7. The molecule has 0 saturated carbocycles. The number of unbranched alkanes of at least 4 members (excludes halogenated alkanes) is 1. The Balaban J connectivity index is 2.89. The normalized spacial score (nSPS) is 12.9. The summed E-state index contributed by atoms with van der Waals surface area (Å²) < 4.78 is 5.56. The third-order valence-corrected chi connectivity index (χ3v) is 3.71. The molecule has 0 saturated heterocycles. The molecule has 0 aliphatic heterocycles. The van der Waals surface area contributed by atoms with Gasteiger partial charge in [0, 0.05) is 23.2 Å². The van der Waals surface area contributed by atoms with Crippen LogP contribution in [0.15, 0.2) is 58.9 Å². The fourth-order valence-corrected chi connectivity index (χ4v) is 2.27. The number of nitrogens with one attached hydrogen (secondary N) is 1. The number of halogens is 1. The lowest BCUT2D eigenvalue weighted by molar-refractivity contribution is -0.420. The van der Waals surface area contributed by atoms with E-state index in [0.717, 1.165) is 24.2 Å². The van der Waals surface area contributed by atoms with Crippen LogP contribution in [-0.4, -0.2) is 11.5 Å². The highest BCUT2D eigenvalue weighted by Gasteiger charge is 2.12. The summed E-state index contributed by atoms with van der Waals surface area (Å²) in [5.74, 6) is 0.772. The molecule has 5 nitrogen and oxygen atoms in total. The fourth-order valence-electron chi connectivity index (χ4n) is 2.10. The number of nitro groups is 1. The summed E-state index contributed by atoms with van der Waals surface area (Å²) in [6.07, 6.45) is 6.63. The van der Waals surface area contributed by atoms with Gasteiger partial charge >= 0.3 is 0 Å². The maximum absolute atomic E-state index is 11.3. The number of hydrogen-bond donors (Lipinski definition) is 1. The average molecular weight is 365 g/mol. The van der Waals surface area contributed by atoms with Gasteiger partial charge in [0.15, 0.2) is 0 Å². The molecule has 0 atom stereocenters. The van der Waals surface area contributed by atoms with Crippen molar-refractivity contribution < 1.29 is 9.66 Å². The number of benzene rings is 1. The Hall–Kier alpha value is -2.27.